The number of carbonyl (C=O) groups excluding carboxylic acids is 2. The first kappa shape index (κ1) is 17.7. The van der Waals surface area contributed by atoms with Crippen LogP contribution in [-0.2, 0) is 11.3 Å². The summed E-state index contributed by atoms with van der Waals surface area (Å²) in [5.74, 6) is 6.40. The molecule has 0 aliphatic carbocycles. The molecule has 132 valence electrons. The van der Waals surface area contributed by atoms with Gasteiger partial charge in [0.05, 0.1) is 0 Å². The van der Waals surface area contributed by atoms with Gasteiger partial charge in [0, 0.05) is 0 Å². The minimum absolute atomic E-state index is 0.0398. The van der Waals surface area contributed by atoms with Crippen LogP contribution < -0.4 is 4.40 Å². The zero-order valence-electron chi connectivity index (χ0n) is 15.3. The molecule has 25 heavy (non-hydrogen) atoms. The van der Waals surface area contributed by atoms with Crippen molar-refractivity contribution < 1.29 is 14.3 Å². The van der Waals surface area contributed by atoms with Gasteiger partial charge in [0.2, 0.25) is 0 Å². The number of benzene rings is 1. The molecule has 0 saturated heterocycles. The minimum atomic E-state index is -2.06. The molecule has 6 nitrogen and oxygen atoms in total. The van der Waals surface area contributed by atoms with E-state index in [1.807, 2.05) is 16.7 Å². The number of carbonyl (C=O) groups is 2. The van der Waals surface area contributed by atoms with Crippen LogP contribution >= 0.6 is 0 Å². The number of fused-ring (bicyclic) bond motifs is 3. The van der Waals surface area contributed by atoms with E-state index >= 15 is 0 Å². The molecule has 1 aromatic heterocycles. The third-order valence-electron chi connectivity index (χ3n) is 4.42. The van der Waals surface area contributed by atoms with Crippen LogP contribution in [0.5, 0.6) is 0 Å². The number of imidazole rings is 1. The van der Waals surface area contributed by atoms with E-state index in [2.05, 4.69) is 28.3 Å². The maximum absolute atomic E-state index is 12.9. The third-order valence-corrected chi connectivity index (χ3v) is 8.71. The number of aromatic nitrogens is 2. The van der Waals surface area contributed by atoms with Gasteiger partial charge < -0.3 is 0 Å². The zero-order valence-corrected chi connectivity index (χ0v) is 17.4. The summed E-state index contributed by atoms with van der Waals surface area (Å²) in [6, 6.07) is 6.09. The summed E-state index contributed by atoms with van der Waals surface area (Å²) < 4.78 is 8.20. The van der Waals surface area contributed by atoms with Gasteiger partial charge in [-0.25, -0.2) is 0 Å². The fraction of sp³-hybridized carbons (Fsp3) is 0.389. The molecule has 2 heterocycles. The normalized spacial score (nSPS) is 14.0. The molecule has 0 saturated carbocycles. The first-order valence-electron chi connectivity index (χ1n) is 8.37. The Balaban J connectivity index is 2.19. The number of rotatable bonds is 3. The Morgan fingerprint density at radius 3 is 2.68 bits per heavy atom. The molecular formula is C18H23GeN3O3. The quantitative estimate of drug-likeness (QED) is 0.584. The predicted octanol–water partition coefficient (Wildman–Crippen LogP) is 2.18. The Morgan fingerprint density at radius 1 is 1.32 bits per heavy atom. The van der Waals surface area contributed by atoms with Gasteiger partial charge in [-0.05, 0) is 0 Å². The van der Waals surface area contributed by atoms with Crippen molar-refractivity contribution in [2.45, 2.75) is 30.7 Å². The van der Waals surface area contributed by atoms with Gasteiger partial charge in [-0.3, -0.25) is 0 Å². The van der Waals surface area contributed by atoms with Gasteiger partial charge in [0.25, 0.3) is 0 Å². The van der Waals surface area contributed by atoms with E-state index in [1.54, 1.807) is 25.2 Å². The number of ether oxygens (including phenoxy) is 1. The average molecular weight is 402 g/mol. The molecule has 7 heteroatoms. The van der Waals surface area contributed by atoms with Gasteiger partial charge in [-0.15, -0.1) is 0 Å². The summed E-state index contributed by atoms with van der Waals surface area (Å²) in [6.45, 7) is 2.36. The molecule has 0 unspecified atom stereocenters. The molecule has 1 aromatic carbocycles. The van der Waals surface area contributed by atoms with Gasteiger partial charge in [0.1, 0.15) is 0 Å². The van der Waals surface area contributed by atoms with Crippen molar-refractivity contribution >= 4 is 29.5 Å². The first-order valence-corrected chi connectivity index (χ1v) is 15.7. The molecule has 1 aliphatic rings. The van der Waals surface area contributed by atoms with Crippen molar-refractivity contribution in [2.24, 2.45) is 0 Å². The number of hydrogen-bond donors (Lipinski definition) is 0. The van der Waals surface area contributed by atoms with Crippen LogP contribution in [0, 0.1) is 0 Å². The SMILES string of the molecule is CCOC(=O)c1ncn2c1CN(C)C(=O)c1c[c]([Ge]([CH3])([CH3])[CH3])ccc1-2. The Labute approximate surface area is 150 Å². The van der Waals surface area contributed by atoms with E-state index in [0.717, 1.165) is 5.69 Å². The van der Waals surface area contributed by atoms with Crippen LogP contribution in [0.1, 0.15) is 33.5 Å². The molecular weight excluding hydrogens is 379 g/mol. The molecule has 1 amide bonds. The molecule has 0 spiro atoms. The van der Waals surface area contributed by atoms with Crippen molar-refractivity contribution in [1.29, 1.82) is 0 Å². The Bertz CT molecular complexity index is 852. The molecule has 1 aliphatic heterocycles. The molecule has 3 rings (SSSR count). The van der Waals surface area contributed by atoms with Crippen molar-refractivity contribution in [2.75, 3.05) is 13.7 Å². The van der Waals surface area contributed by atoms with Crippen LogP contribution in [-0.4, -0.2) is 53.2 Å². The summed E-state index contributed by atoms with van der Waals surface area (Å²) in [7, 11) is 1.74. The fourth-order valence-electron chi connectivity index (χ4n) is 2.99. The van der Waals surface area contributed by atoms with Crippen molar-refractivity contribution in [3.05, 3.63) is 41.5 Å². The molecule has 0 N–H and O–H groups in total. The maximum atomic E-state index is 12.9. The van der Waals surface area contributed by atoms with E-state index in [9.17, 15) is 9.59 Å². The van der Waals surface area contributed by atoms with Crippen LogP contribution in [0.2, 0.25) is 17.3 Å². The zero-order chi connectivity index (χ0) is 18.4. The number of nitrogens with zero attached hydrogens (tertiary/aromatic N) is 3. The second kappa shape index (κ2) is 6.33. The van der Waals surface area contributed by atoms with E-state index in [1.165, 1.54) is 4.40 Å². The Morgan fingerprint density at radius 2 is 2.04 bits per heavy atom. The summed E-state index contributed by atoms with van der Waals surface area (Å²) in [5.41, 5.74) is 2.37. The van der Waals surface area contributed by atoms with Gasteiger partial charge in [-0.1, -0.05) is 0 Å². The second-order valence-corrected chi connectivity index (χ2v) is 17.9. The van der Waals surface area contributed by atoms with Crippen molar-refractivity contribution in [3.8, 4) is 5.69 Å². The first-order chi connectivity index (χ1) is 11.7. The van der Waals surface area contributed by atoms with Crippen molar-refractivity contribution in [3.63, 3.8) is 0 Å². The standard InChI is InChI=1S/C18H23GeN3O3/c1-6-25-18(24)16-15-10-21(5)17(23)13-9-12(19(2,3)4)7-8-14(13)22(15)11-20-16/h7-9,11H,6,10H2,1-5H3. The van der Waals surface area contributed by atoms with E-state index < -0.39 is 19.2 Å². The summed E-state index contributed by atoms with van der Waals surface area (Å²) in [5, 5.41) is 0. The predicted molar refractivity (Wildman–Crippen MR) is 98.3 cm³/mol. The Kier molecular flexibility index (Phi) is 4.49. The van der Waals surface area contributed by atoms with E-state index in [0.29, 0.717) is 17.8 Å². The summed E-state index contributed by atoms with van der Waals surface area (Å²) in [4.78, 5) is 30.9. The topological polar surface area (TPSA) is 64.4 Å². The van der Waals surface area contributed by atoms with Crippen LogP contribution in [0.25, 0.3) is 5.69 Å². The Hall–Kier alpha value is -2.09. The van der Waals surface area contributed by atoms with E-state index in [4.69, 9.17) is 4.74 Å². The molecule has 0 bridgehead atoms. The third kappa shape index (κ3) is 3.10. The molecule has 0 atom stereocenters. The number of esters is 1. The monoisotopic (exact) mass is 403 g/mol. The van der Waals surface area contributed by atoms with Gasteiger partial charge in [0.15, 0.2) is 0 Å². The summed E-state index contributed by atoms with van der Waals surface area (Å²) in [6.07, 6.45) is 1.60. The van der Waals surface area contributed by atoms with Crippen LogP contribution in [0.15, 0.2) is 24.5 Å². The van der Waals surface area contributed by atoms with Crippen molar-refractivity contribution in [1.82, 2.24) is 14.5 Å². The molecule has 0 fully saturated rings. The van der Waals surface area contributed by atoms with Crippen LogP contribution in [0.4, 0.5) is 0 Å². The van der Waals surface area contributed by atoms with Crippen LogP contribution in [0.3, 0.4) is 0 Å². The van der Waals surface area contributed by atoms with E-state index in [-0.39, 0.29) is 18.2 Å². The summed E-state index contributed by atoms with van der Waals surface area (Å²) >= 11 is -2.06. The number of hydrogen-bond acceptors (Lipinski definition) is 4. The average Bonchev–Trinajstić information content (AvgIpc) is 2.92. The number of amides is 1. The molecule has 0 radical (unpaired) electrons. The fourth-order valence-corrected chi connectivity index (χ4v) is 5.42. The second-order valence-electron chi connectivity index (χ2n) is 7.27. The van der Waals surface area contributed by atoms with Gasteiger partial charge in [-0.2, -0.15) is 0 Å². The molecule has 2 aromatic rings. The van der Waals surface area contributed by atoms with Gasteiger partial charge >= 0.3 is 150 Å².